The number of piperidine rings is 1. The van der Waals surface area contributed by atoms with Crippen molar-refractivity contribution in [3.63, 3.8) is 0 Å². The van der Waals surface area contributed by atoms with Gasteiger partial charge in [0, 0.05) is 25.1 Å². The van der Waals surface area contributed by atoms with Gasteiger partial charge in [-0.15, -0.1) is 0 Å². The number of Topliss-reactive ketones (excluding diaryl/α,β-unsaturated/α-hetero) is 1. The molecule has 28 heavy (non-hydrogen) atoms. The van der Waals surface area contributed by atoms with E-state index in [9.17, 15) is 23.1 Å². The molecule has 1 heterocycles. The Morgan fingerprint density at radius 1 is 1.07 bits per heavy atom. The Balaban J connectivity index is 0.000000188. The molecular formula is C22H24F3NO2. The van der Waals surface area contributed by atoms with Gasteiger partial charge in [0.2, 0.25) is 0 Å². The maximum Gasteiger partial charge on any atom is 0.417 e. The molecule has 1 aliphatic heterocycles. The molecule has 4 rings (SSSR count). The first-order valence-electron chi connectivity index (χ1n) is 9.55. The van der Waals surface area contributed by atoms with Crippen molar-refractivity contribution in [2.24, 2.45) is 0 Å². The molecule has 0 unspecified atom stereocenters. The van der Waals surface area contributed by atoms with E-state index in [0.717, 1.165) is 56.1 Å². The van der Waals surface area contributed by atoms with Crippen molar-refractivity contribution in [2.75, 3.05) is 19.6 Å². The summed E-state index contributed by atoms with van der Waals surface area (Å²) in [5.41, 5.74) is 1.41. The van der Waals surface area contributed by atoms with Gasteiger partial charge >= 0.3 is 6.18 Å². The highest BCUT2D eigenvalue weighted by Gasteiger charge is 2.37. The summed E-state index contributed by atoms with van der Waals surface area (Å²) in [6.45, 7) is 2.88. The van der Waals surface area contributed by atoms with E-state index in [1.807, 2.05) is 30.3 Å². The molecule has 1 N–H and O–H groups in total. The number of alkyl halides is 3. The lowest BCUT2D eigenvalue weighted by Gasteiger charge is -2.29. The van der Waals surface area contributed by atoms with Crippen molar-refractivity contribution < 1.29 is 23.1 Å². The maximum absolute atomic E-state index is 11.9. The fraction of sp³-hybridized carbons (Fsp3) is 0.409. The molecule has 0 radical (unpaired) electrons. The lowest BCUT2D eigenvalue weighted by atomic mass is 10.1. The summed E-state index contributed by atoms with van der Waals surface area (Å²) in [6.07, 6.45) is -1.03. The molecule has 6 heteroatoms. The number of hydrogen-bond donors (Lipinski definition) is 1. The second-order valence-electron chi connectivity index (χ2n) is 7.22. The number of likely N-dealkylation sites (tertiary alicyclic amines) is 1. The molecule has 0 spiro atoms. The van der Waals surface area contributed by atoms with Gasteiger partial charge in [0.25, 0.3) is 0 Å². The minimum Gasteiger partial charge on any atom is -0.393 e. The Morgan fingerprint density at radius 2 is 1.75 bits per heavy atom. The molecule has 0 bridgehead atoms. The monoisotopic (exact) mass is 391 g/mol. The van der Waals surface area contributed by atoms with Crippen LogP contribution in [0.25, 0.3) is 11.1 Å². The van der Waals surface area contributed by atoms with Gasteiger partial charge in [-0.05, 0) is 49.1 Å². The zero-order valence-electron chi connectivity index (χ0n) is 15.6. The molecule has 1 fully saturated rings. The van der Waals surface area contributed by atoms with Crippen molar-refractivity contribution in [3.8, 4) is 11.1 Å². The second kappa shape index (κ2) is 8.88. The van der Waals surface area contributed by atoms with Crippen molar-refractivity contribution in [1.82, 2.24) is 4.90 Å². The van der Waals surface area contributed by atoms with Crippen LogP contribution in [0.3, 0.4) is 0 Å². The molecule has 1 aromatic rings. The van der Waals surface area contributed by atoms with Crippen LogP contribution in [0.2, 0.25) is 0 Å². The normalized spacial score (nSPS) is 16.3. The van der Waals surface area contributed by atoms with E-state index in [0.29, 0.717) is 12.0 Å². The highest BCUT2D eigenvalue weighted by molar-refractivity contribution is 5.95. The van der Waals surface area contributed by atoms with Gasteiger partial charge in [0.15, 0.2) is 5.78 Å². The summed E-state index contributed by atoms with van der Waals surface area (Å²) in [5.74, 6) is 0.229. The standard InChI is InChI=1S/C15H21NO2.C7H3F3/c17-14-8-11-16(12-9-14)10-4-7-15(18)13-5-2-1-3-6-13;8-7(9,10)6-2-1-4-3-5(4)6/h1-3,5-6,14,17H,4,7-12H2;1-3H. The molecule has 150 valence electrons. The summed E-state index contributed by atoms with van der Waals surface area (Å²) < 4.78 is 35.7. The summed E-state index contributed by atoms with van der Waals surface area (Å²) in [4.78, 5) is 14.2. The number of carbonyl (C=O) groups excluding carboxylic acids is 1. The number of aliphatic hydroxyl groups excluding tert-OH is 1. The number of carbonyl (C=O) groups is 1. The number of rotatable bonds is 5. The molecular weight excluding hydrogens is 367 g/mol. The number of halogens is 3. The first-order valence-corrected chi connectivity index (χ1v) is 9.55. The Kier molecular flexibility index (Phi) is 6.52. The highest BCUT2D eigenvalue weighted by atomic mass is 19.4. The Hall–Kier alpha value is -2.18. The van der Waals surface area contributed by atoms with E-state index in [1.165, 1.54) is 12.1 Å². The molecule has 0 atom stereocenters. The lowest BCUT2D eigenvalue weighted by molar-refractivity contribution is -0.136. The van der Waals surface area contributed by atoms with Crippen molar-refractivity contribution >= 4 is 5.78 Å². The van der Waals surface area contributed by atoms with E-state index in [1.54, 1.807) is 0 Å². The zero-order chi connectivity index (χ0) is 20.1. The first kappa shape index (κ1) is 20.6. The van der Waals surface area contributed by atoms with Gasteiger partial charge in [-0.2, -0.15) is 13.2 Å². The van der Waals surface area contributed by atoms with Crippen molar-refractivity contribution in [1.29, 1.82) is 0 Å². The smallest absolute Gasteiger partial charge is 0.393 e. The van der Waals surface area contributed by atoms with Gasteiger partial charge in [0.05, 0.1) is 11.7 Å². The van der Waals surface area contributed by atoms with Gasteiger partial charge < -0.3 is 10.0 Å². The van der Waals surface area contributed by atoms with Crippen LogP contribution in [0, 0.1) is 0 Å². The molecule has 3 aliphatic rings. The van der Waals surface area contributed by atoms with Gasteiger partial charge in [-0.25, -0.2) is 0 Å². The number of nitrogens with zero attached hydrogens (tertiary/aromatic N) is 1. The average molecular weight is 391 g/mol. The van der Waals surface area contributed by atoms with Crippen LogP contribution in [0.4, 0.5) is 13.2 Å². The lowest BCUT2D eigenvalue weighted by Crippen LogP contribution is -2.36. The van der Waals surface area contributed by atoms with E-state index in [2.05, 4.69) is 4.90 Å². The summed E-state index contributed by atoms with van der Waals surface area (Å²) in [6, 6.07) is 13.6. The SMILES string of the molecule is FC(F)(F)c1ccc2cc1-2.O=C(CCCN1CCC(O)CC1)c1ccccc1. The number of ketones is 1. The third kappa shape index (κ3) is 5.66. The maximum atomic E-state index is 11.9. The molecule has 3 nitrogen and oxygen atoms in total. The Morgan fingerprint density at radius 3 is 2.25 bits per heavy atom. The predicted molar refractivity (Wildman–Crippen MR) is 102 cm³/mol. The number of hydrogen-bond acceptors (Lipinski definition) is 3. The van der Waals surface area contributed by atoms with Crippen LogP contribution in [0.1, 0.15) is 41.6 Å². The first-order chi connectivity index (χ1) is 13.3. The van der Waals surface area contributed by atoms with Gasteiger partial charge in [0.1, 0.15) is 0 Å². The van der Waals surface area contributed by atoms with E-state index in [4.69, 9.17) is 0 Å². The number of fused-ring (bicyclic) bond motifs is 1. The largest absolute Gasteiger partial charge is 0.417 e. The minimum atomic E-state index is -4.17. The van der Waals surface area contributed by atoms with Gasteiger partial charge in [-0.3, -0.25) is 4.79 Å². The van der Waals surface area contributed by atoms with E-state index >= 15 is 0 Å². The average Bonchev–Trinajstić information content (AvgIpc) is 3.31. The second-order valence-corrected chi connectivity index (χ2v) is 7.22. The zero-order valence-corrected chi connectivity index (χ0v) is 15.6. The van der Waals surface area contributed by atoms with Crippen LogP contribution in [0.15, 0.2) is 48.5 Å². The molecule has 0 saturated carbocycles. The van der Waals surface area contributed by atoms with Gasteiger partial charge in [-0.1, -0.05) is 36.4 Å². The molecule has 2 aliphatic carbocycles. The number of benzene rings is 2. The summed E-state index contributed by atoms with van der Waals surface area (Å²) >= 11 is 0. The van der Waals surface area contributed by atoms with Crippen LogP contribution >= 0.6 is 0 Å². The molecule has 0 amide bonds. The summed E-state index contributed by atoms with van der Waals surface area (Å²) in [7, 11) is 0. The van der Waals surface area contributed by atoms with E-state index < -0.39 is 11.7 Å². The third-order valence-electron chi connectivity index (χ3n) is 5.08. The quantitative estimate of drug-likeness (QED) is 0.636. The Bertz CT molecular complexity index is 797. The molecule has 1 saturated heterocycles. The predicted octanol–water partition coefficient (Wildman–Crippen LogP) is 4.79. The fourth-order valence-corrected chi connectivity index (χ4v) is 3.38. The molecule has 0 aromatic heterocycles. The van der Waals surface area contributed by atoms with E-state index in [-0.39, 0.29) is 11.9 Å². The number of aliphatic hydroxyl groups is 1. The van der Waals surface area contributed by atoms with Crippen LogP contribution in [0.5, 0.6) is 0 Å². The van der Waals surface area contributed by atoms with Crippen LogP contribution in [-0.4, -0.2) is 41.5 Å². The Labute approximate surface area is 162 Å². The van der Waals surface area contributed by atoms with Crippen LogP contribution in [-0.2, 0) is 6.18 Å². The van der Waals surface area contributed by atoms with Crippen molar-refractivity contribution in [3.05, 3.63) is 59.7 Å². The van der Waals surface area contributed by atoms with Crippen LogP contribution < -0.4 is 0 Å². The third-order valence-corrected chi connectivity index (χ3v) is 5.08. The fourth-order valence-electron chi connectivity index (χ4n) is 3.38. The molecule has 1 aromatic carbocycles. The topological polar surface area (TPSA) is 40.5 Å². The van der Waals surface area contributed by atoms with Crippen molar-refractivity contribution in [2.45, 2.75) is 38.0 Å². The highest BCUT2D eigenvalue weighted by Crippen LogP contribution is 2.45. The minimum absolute atomic E-state index is 0.118. The summed E-state index contributed by atoms with van der Waals surface area (Å²) in [5, 5.41) is 9.41.